The van der Waals surface area contributed by atoms with Gasteiger partial charge in [0.2, 0.25) is 0 Å². The maximum Gasteiger partial charge on any atom is 0.472 e. The Kier molecular flexibility index (Phi) is 36.7. The van der Waals surface area contributed by atoms with Crippen molar-refractivity contribution in [1.82, 2.24) is 0 Å². The molecule has 51 heavy (non-hydrogen) atoms. The predicted octanol–water partition coefficient (Wildman–Crippen LogP) is 11.4. The van der Waals surface area contributed by atoms with Gasteiger partial charge in [0, 0.05) is 19.4 Å². The summed E-state index contributed by atoms with van der Waals surface area (Å²) in [5.41, 5.74) is 5.33. The van der Waals surface area contributed by atoms with Gasteiger partial charge < -0.3 is 20.1 Å². The summed E-state index contributed by atoms with van der Waals surface area (Å²) in [7, 11) is -4.38. The molecule has 9 nitrogen and oxygen atoms in total. The van der Waals surface area contributed by atoms with Gasteiger partial charge in [-0.2, -0.15) is 0 Å². The third-order valence-electron chi connectivity index (χ3n) is 8.53. The zero-order valence-corrected chi connectivity index (χ0v) is 33.5. The highest BCUT2D eigenvalue weighted by atomic mass is 31.2. The van der Waals surface area contributed by atoms with Crippen molar-refractivity contribution in [1.29, 1.82) is 0 Å². The van der Waals surface area contributed by atoms with E-state index in [2.05, 4.69) is 44.2 Å². The number of phosphoric acid groups is 1. The molecule has 298 valence electrons. The fraction of sp³-hybridized carbons (Fsp3) is 0.805. The Bertz CT molecular complexity index is 939. The molecule has 0 saturated heterocycles. The first-order valence-electron chi connectivity index (χ1n) is 20.5. The summed E-state index contributed by atoms with van der Waals surface area (Å²) in [6, 6.07) is 0. The van der Waals surface area contributed by atoms with Crippen LogP contribution < -0.4 is 5.73 Å². The van der Waals surface area contributed by atoms with Crippen LogP contribution in [0.25, 0.3) is 0 Å². The van der Waals surface area contributed by atoms with Crippen molar-refractivity contribution in [3.8, 4) is 0 Å². The first kappa shape index (κ1) is 49.2. The minimum Gasteiger partial charge on any atom is -0.462 e. The molecule has 0 spiro atoms. The minimum absolute atomic E-state index is 0.0462. The summed E-state index contributed by atoms with van der Waals surface area (Å²) >= 11 is 0. The summed E-state index contributed by atoms with van der Waals surface area (Å²) in [5.74, 6) is -0.887. The lowest BCUT2D eigenvalue weighted by atomic mass is 10.0. The number of rotatable bonds is 38. The van der Waals surface area contributed by atoms with Gasteiger partial charge in [0.1, 0.15) is 6.61 Å². The standard InChI is InChI=1S/C41H76NO8P/c1-3-5-7-9-11-13-15-17-18-19-20-22-24-26-28-30-32-34-41(44)50-39(38-49-51(45,46)48-36-35-42)37-47-40(43)33-31-29-27-25-23-21-16-14-12-10-8-6-4-2/h17-18,20,22,26,28,39H,3-16,19,21,23-25,27,29-38,42H2,1-2H3,(H,45,46)/b18-17+,22-20+,28-26+/t39-/m1/s1. The monoisotopic (exact) mass is 742 g/mol. The van der Waals surface area contributed by atoms with Gasteiger partial charge in [-0.25, -0.2) is 4.57 Å². The van der Waals surface area contributed by atoms with E-state index in [1.807, 2.05) is 6.08 Å². The third kappa shape index (κ3) is 37.8. The molecule has 3 N–H and O–H groups in total. The van der Waals surface area contributed by atoms with Crippen LogP contribution in [0, 0.1) is 0 Å². The molecule has 1 unspecified atom stereocenters. The van der Waals surface area contributed by atoms with Crippen LogP contribution >= 0.6 is 7.82 Å². The fourth-order valence-corrected chi connectivity index (χ4v) is 6.24. The third-order valence-corrected chi connectivity index (χ3v) is 9.51. The number of hydrogen-bond acceptors (Lipinski definition) is 8. The van der Waals surface area contributed by atoms with Gasteiger partial charge in [-0.15, -0.1) is 0 Å². The molecule has 0 aromatic carbocycles. The van der Waals surface area contributed by atoms with Gasteiger partial charge >= 0.3 is 19.8 Å². The van der Waals surface area contributed by atoms with Gasteiger partial charge in [-0.05, 0) is 44.9 Å². The van der Waals surface area contributed by atoms with E-state index in [9.17, 15) is 19.0 Å². The lowest BCUT2D eigenvalue weighted by molar-refractivity contribution is -0.161. The highest BCUT2D eigenvalue weighted by molar-refractivity contribution is 7.47. The fourth-order valence-electron chi connectivity index (χ4n) is 5.47. The SMILES string of the molecule is CCCCCCCC/C=C/C/C=C/C/C=C/CCCC(=O)O[C@H](COC(=O)CCCCCCCCCCCCCCC)COP(=O)(O)OCCN. The average Bonchev–Trinajstić information content (AvgIpc) is 3.11. The van der Waals surface area contributed by atoms with Crippen molar-refractivity contribution in [3.05, 3.63) is 36.5 Å². The lowest BCUT2D eigenvalue weighted by Gasteiger charge is -2.19. The molecule has 2 atom stereocenters. The van der Waals surface area contributed by atoms with Crippen LogP contribution in [0.4, 0.5) is 0 Å². The Morgan fingerprint density at radius 2 is 1.04 bits per heavy atom. The predicted molar refractivity (Wildman–Crippen MR) is 210 cm³/mol. The van der Waals surface area contributed by atoms with E-state index < -0.39 is 32.5 Å². The van der Waals surface area contributed by atoms with Crippen LogP contribution in [0.3, 0.4) is 0 Å². The largest absolute Gasteiger partial charge is 0.472 e. The zero-order chi connectivity index (χ0) is 37.5. The molecular weight excluding hydrogens is 665 g/mol. The van der Waals surface area contributed by atoms with E-state index in [0.29, 0.717) is 6.42 Å². The molecule has 10 heteroatoms. The molecule has 0 aromatic heterocycles. The number of phosphoric ester groups is 1. The molecule has 0 amide bonds. The van der Waals surface area contributed by atoms with Crippen LogP contribution in [0.5, 0.6) is 0 Å². The van der Waals surface area contributed by atoms with Gasteiger partial charge in [-0.1, -0.05) is 159 Å². The summed E-state index contributed by atoms with van der Waals surface area (Å²) in [5, 5.41) is 0. The number of allylic oxidation sites excluding steroid dienone is 6. The average molecular weight is 742 g/mol. The highest BCUT2D eigenvalue weighted by Crippen LogP contribution is 2.43. The molecule has 0 saturated carbocycles. The van der Waals surface area contributed by atoms with Crippen molar-refractivity contribution < 1.29 is 37.6 Å². The summed E-state index contributed by atoms with van der Waals surface area (Å²) in [6.07, 6.45) is 40.4. The number of carbonyl (C=O) groups is 2. The number of carbonyl (C=O) groups excluding carboxylic acids is 2. The molecule has 0 heterocycles. The minimum atomic E-state index is -4.38. The number of esters is 2. The Morgan fingerprint density at radius 3 is 1.57 bits per heavy atom. The quantitative estimate of drug-likeness (QED) is 0.0274. The topological polar surface area (TPSA) is 134 Å². The second kappa shape index (κ2) is 38.0. The Labute approximate surface area is 312 Å². The van der Waals surface area contributed by atoms with E-state index in [1.165, 1.54) is 103 Å². The van der Waals surface area contributed by atoms with Crippen molar-refractivity contribution in [2.24, 2.45) is 5.73 Å². The normalized spacial score (nSPS) is 13.7. The number of hydrogen-bond donors (Lipinski definition) is 2. The molecule has 0 rings (SSSR count). The summed E-state index contributed by atoms with van der Waals surface area (Å²) < 4.78 is 32.6. The molecular formula is C41H76NO8P. The first-order chi connectivity index (χ1) is 24.8. The maximum absolute atomic E-state index is 12.5. The number of unbranched alkanes of at least 4 members (excludes halogenated alkanes) is 19. The molecule has 0 aromatic rings. The van der Waals surface area contributed by atoms with Crippen LogP contribution in [0.2, 0.25) is 0 Å². The summed E-state index contributed by atoms with van der Waals surface area (Å²) in [6.45, 7) is 3.66. The van der Waals surface area contributed by atoms with Crippen molar-refractivity contribution in [2.45, 2.75) is 187 Å². The van der Waals surface area contributed by atoms with Gasteiger partial charge in [0.05, 0.1) is 13.2 Å². The van der Waals surface area contributed by atoms with Gasteiger partial charge in [-0.3, -0.25) is 18.6 Å². The molecule has 0 aliphatic carbocycles. The first-order valence-corrected chi connectivity index (χ1v) is 22.0. The lowest BCUT2D eigenvalue weighted by Crippen LogP contribution is -2.29. The number of nitrogens with two attached hydrogens (primary N) is 1. The number of ether oxygens (including phenoxy) is 2. The van der Waals surface area contributed by atoms with Gasteiger partial charge in [0.15, 0.2) is 6.10 Å². The van der Waals surface area contributed by atoms with Crippen LogP contribution in [-0.4, -0.2) is 49.3 Å². The highest BCUT2D eigenvalue weighted by Gasteiger charge is 2.25. The smallest absolute Gasteiger partial charge is 0.462 e. The van der Waals surface area contributed by atoms with Crippen molar-refractivity contribution in [2.75, 3.05) is 26.4 Å². The molecule has 0 radical (unpaired) electrons. The van der Waals surface area contributed by atoms with E-state index in [-0.39, 0.29) is 32.6 Å². The zero-order valence-electron chi connectivity index (χ0n) is 32.6. The van der Waals surface area contributed by atoms with Crippen molar-refractivity contribution >= 4 is 19.8 Å². The Hall–Kier alpha value is -1.77. The molecule has 0 fully saturated rings. The molecule has 0 aliphatic heterocycles. The summed E-state index contributed by atoms with van der Waals surface area (Å²) in [4.78, 5) is 34.7. The molecule has 0 aliphatic rings. The van der Waals surface area contributed by atoms with Crippen LogP contribution in [0.15, 0.2) is 36.5 Å². The molecule has 0 bridgehead atoms. The van der Waals surface area contributed by atoms with Crippen molar-refractivity contribution in [3.63, 3.8) is 0 Å². The second-order valence-corrected chi connectivity index (χ2v) is 15.0. The Morgan fingerprint density at radius 1 is 0.588 bits per heavy atom. The second-order valence-electron chi connectivity index (χ2n) is 13.5. The van der Waals surface area contributed by atoms with Crippen LogP contribution in [-0.2, 0) is 32.7 Å². The van der Waals surface area contributed by atoms with Crippen LogP contribution in [0.1, 0.15) is 181 Å². The van der Waals surface area contributed by atoms with E-state index in [4.69, 9.17) is 24.3 Å². The van der Waals surface area contributed by atoms with E-state index in [0.717, 1.165) is 44.9 Å². The van der Waals surface area contributed by atoms with Gasteiger partial charge in [0.25, 0.3) is 0 Å². The van der Waals surface area contributed by atoms with E-state index >= 15 is 0 Å². The van der Waals surface area contributed by atoms with E-state index in [1.54, 1.807) is 0 Å². The maximum atomic E-state index is 12.5. The Balaban J connectivity index is 4.27.